The van der Waals surface area contributed by atoms with Crippen molar-refractivity contribution >= 4 is 0 Å². The van der Waals surface area contributed by atoms with Gasteiger partial charge >= 0.3 is 6.01 Å². The van der Waals surface area contributed by atoms with E-state index in [1.807, 2.05) is 4.68 Å². The van der Waals surface area contributed by atoms with Gasteiger partial charge in [0.05, 0.1) is 11.2 Å². The number of benzene rings is 2. The standard InChI is InChI=1S/C27H27F2N5O2/c1-3-20-16-27(34-15-13-25(35)32-34,18-8-10-19(28)11-9-18)21(17-33(20)2)23-12-14-30-26(31-23)36-24-7-5-4-6-22(24)29/h4-15,20-21H,3,16-17H2,1-2H3,(H,32,35). The summed E-state index contributed by atoms with van der Waals surface area (Å²) in [5, 5.41) is 2.95. The lowest BCUT2D eigenvalue weighted by atomic mass is 9.68. The molecular formula is C27H27F2N5O2. The molecule has 9 heteroatoms. The third kappa shape index (κ3) is 4.30. The molecule has 4 aromatic rings. The molecule has 0 aliphatic carbocycles. The topological polar surface area (TPSA) is 76.0 Å². The van der Waals surface area contributed by atoms with Crippen molar-refractivity contribution in [2.75, 3.05) is 13.6 Å². The highest BCUT2D eigenvalue weighted by Crippen LogP contribution is 2.48. The molecule has 2 aromatic carbocycles. The van der Waals surface area contributed by atoms with Crippen LogP contribution in [0.25, 0.3) is 0 Å². The minimum atomic E-state index is -0.771. The van der Waals surface area contributed by atoms with Crippen LogP contribution in [-0.2, 0) is 5.54 Å². The Hall–Kier alpha value is -3.85. The number of hydrogen-bond acceptors (Lipinski definition) is 5. The van der Waals surface area contributed by atoms with Gasteiger partial charge in [-0.3, -0.25) is 14.6 Å². The molecule has 0 radical (unpaired) electrons. The summed E-state index contributed by atoms with van der Waals surface area (Å²) < 4.78 is 35.7. The SMILES string of the molecule is CCC1CC(c2ccc(F)cc2)(n2ccc(=O)[nH]2)C(c2ccnc(Oc3ccccc3F)n2)CN1C. The quantitative estimate of drug-likeness (QED) is 0.424. The van der Waals surface area contributed by atoms with E-state index in [4.69, 9.17) is 4.74 Å². The number of nitrogens with zero attached hydrogens (tertiary/aromatic N) is 4. The molecule has 1 N–H and O–H groups in total. The number of halogens is 2. The molecule has 3 atom stereocenters. The Labute approximate surface area is 207 Å². The molecule has 36 heavy (non-hydrogen) atoms. The van der Waals surface area contributed by atoms with Gasteiger partial charge in [0.1, 0.15) is 5.82 Å². The molecule has 0 spiro atoms. The summed E-state index contributed by atoms with van der Waals surface area (Å²) in [4.78, 5) is 23.4. The average molecular weight is 492 g/mol. The highest BCUT2D eigenvalue weighted by Gasteiger charge is 2.50. The minimum absolute atomic E-state index is 0.0203. The zero-order chi connectivity index (χ0) is 25.3. The van der Waals surface area contributed by atoms with Crippen molar-refractivity contribution in [2.45, 2.75) is 37.3 Å². The fourth-order valence-corrected chi connectivity index (χ4v) is 5.29. The molecule has 2 aromatic heterocycles. The Kier molecular flexibility index (Phi) is 6.40. The maximum atomic E-state index is 14.2. The zero-order valence-corrected chi connectivity index (χ0v) is 20.1. The number of nitrogens with one attached hydrogen (secondary N) is 1. The Morgan fingerprint density at radius 3 is 2.58 bits per heavy atom. The molecule has 1 aliphatic rings. The van der Waals surface area contributed by atoms with E-state index in [1.165, 1.54) is 30.3 Å². The lowest BCUT2D eigenvalue weighted by Crippen LogP contribution is -2.56. The predicted molar refractivity (Wildman–Crippen MR) is 131 cm³/mol. The summed E-state index contributed by atoms with van der Waals surface area (Å²) in [5.74, 6) is -1.10. The number of likely N-dealkylation sites (tertiary alicyclic amines) is 1. The van der Waals surface area contributed by atoms with Crippen LogP contribution in [0.4, 0.5) is 8.78 Å². The first-order chi connectivity index (χ1) is 17.4. The smallest absolute Gasteiger partial charge is 0.322 e. The van der Waals surface area contributed by atoms with Crippen molar-refractivity contribution in [3.05, 3.63) is 106 Å². The highest BCUT2D eigenvalue weighted by molar-refractivity contribution is 5.35. The third-order valence-electron chi connectivity index (χ3n) is 7.12. The fourth-order valence-electron chi connectivity index (χ4n) is 5.29. The number of H-pyrrole nitrogens is 1. The van der Waals surface area contributed by atoms with Gasteiger partial charge in [0.25, 0.3) is 5.56 Å². The van der Waals surface area contributed by atoms with Gasteiger partial charge in [-0.15, -0.1) is 0 Å². The van der Waals surface area contributed by atoms with Gasteiger partial charge in [-0.05, 0) is 55.8 Å². The first kappa shape index (κ1) is 23.9. The van der Waals surface area contributed by atoms with Crippen LogP contribution in [0.2, 0.25) is 0 Å². The number of ether oxygens (including phenoxy) is 1. The van der Waals surface area contributed by atoms with Crippen LogP contribution in [0.1, 0.15) is 36.9 Å². The first-order valence-electron chi connectivity index (χ1n) is 11.9. The molecular weight excluding hydrogens is 464 g/mol. The number of para-hydroxylation sites is 1. The van der Waals surface area contributed by atoms with Crippen LogP contribution in [0.5, 0.6) is 11.8 Å². The molecule has 0 bridgehead atoms. The van der Waals surface area contributed by atoms with E-state index in [-0.39, 0.29) is 35.1 Å². The van der Waals surface area contributed by atoms with Crippen LogP contribution in [0.15, 0.2) is 77.9 Å². The van der Waals surface area contributed by atoms with E-state index in [9.17, 15) is 13.6 Å². The van der Waals surface area contributed by atoms with E-state index in [0.29, 0.717) is 18.7 Å². The maximum Gasteiger partial charge on any atom is 0.322 e. The second-order valence-corrected chi connectivity index (χ2v) is 9.15. The van der Waals surface area contributed by atoms with Gasteiger partial charge in [0.2, 0.25) is 0 Å². The summed E-state index contributed by atoms with van der Waals surface area (Å²) >= 11 is 0. The van der Waals surface area contributed by atoms with Crippen molar-refractivity contribution in [2.24, 2.45) is 0 Å². The lowest BCUT2D eigenvalue weighted by molar-refractivity contribution is 0.0632. The first-order valence-corrected chi connectivity index (χ1v) is 11.9. The molecule has 1 saturated heterocycles. The van der Waals surface area contributed by atoms with Crippen LogP contribution in [-0.4, -0.2) is 44.3 Å². The minimum Gasteiger partial charge on any atom is -0.421 e. The van der Waals surface area contributed by atoms with E-state index >= 15 is 0 Å². The second-order valence-electron chi connectivity index (χ2n) is 9.15. The maximum absolute atomic E-state index is 14.2. The third-order valence-corrected chi connectivity index (χ3v) is 7.12. The van der Waals surface area contributed by atoms with E-state index < -0.39 is 11.4 Å². The van der Waals surface area contributed by atoms with Crippen LogP contribution in [0, 0.1) is 11.6 Å². The zero-order valence-electron chi connectivity index (χ0n) is 20.1. The molecule has 5 rings (SSSR count). The molecule has 186 valence electrons. The van der Waals surface area contributed by atoms with E-state index in [0.717, 1.165) is 12.0 Å². The number of likely N-dealkylation sites (N-methyl/N-ethyl adjacent to an activating group) is 1. The molecule has 3 unspecified atom stereocenters. The normalized spacial score (nSPS) is 22.4. The Morgan fingerprint density at radius 1 is 1.11 bits per heavy atom. The number of aromatic nitrogens is 4. The van der Waals surface area contributed by atoms with Crippen molar-refractivity contribution in [1.29, 1.82) is 0 Å². The fraction of sp³-hybridized carbons (Fsp3) is 0.296. The summed E-state index contributed by atoms with van der Waals surface area (Å²) in [6.45, 7) is 2.73. The molecule has 3 heterocycles. The van der Waals surface area contributed by atoms with Gasteiger partial charge in [0, 0.05) is 37.0 Å². The predicted octanol–water partition coefficient (Wildman–Crippen LogP) is 4.68. The van der Waals surface area contributed by atoms with Gasteiger partial charge < -0.3 is 9.64 Å². The molecule has 1 fully saturated rings. The Bertz CT molecular complexity index is 1400. The van der Waals surface area contributed by atoms with Crippen molar-refractivity contribution in [3.63, 3.8) is 0 Å². The highest BCUT2D eigenvalue weighted by atomic mass is 19.1. The van der Waals surface area contributed by atoms with Gasteiger partial charge in [-0.1, -0.05) is 31.2 Å². The summed E-state index contributed by atoms with van der Waals surface area (Å²) in [7, 11) is 2.06. The van der Waals surface area contributed by atoms with Crippen molar-refractivity contribution in [1.82, 2.24) is 24.6 Å². The summed E-state index contributed by atoms with van der Waals surface area (Å²) in [6, 6.07) is 16.0. The monoisotopic (exact) mass is 491 g/mol. The molecule has 0 amide bonds. The van der Waals surface area contributed by atoms with E-state index in [1.54, 1.807) is 42.7 Å². The molecule has 0 saturated carbocycles. The van der Waals surface area contributed by atoms with Gasteiger partial charge in [-0.25, -0.2) is 13.8 Å². The largest absolute Gasteiger partial charge is 0.421 e. The van der Waals surface area contributed by atoms with Crippen molar-refractivity contribution < 1.29 is 13.5 Å². The average Bonchev–Trinajstić information content (AvgIpc) is 3.33. The molecule has 7 nitrogen and oxygen atoms in total. The summed E-state index contributed by atoms with van der Waals surface area (Å²) in [6.07, 6.45) is 4.85. The van der Waals surface area contributed by atoms with Gasteiger partial charge in [0.15, 0.2) is 11.6 Å². The molecule has 1 aliphatic heterocycles. The number of hydrogen-bond donors (Lipinski definition) is 1. The lowest BCUT2D eigenvalue weighted by Gasteiger charge is -2.51. The van der Waals surface area contributed by atoms with Crippen LogP contribution >= 0.6 is 0 Å². The number of piperidine rings is 1. The van der Waals surface area contributed by atoms with Gasteiger partial charge in [-0.2, -0.15) is 4.98 Å². The number of rotatable bonds is 6. The van der Waals surface area contributed by atoms with E-state index in [2.05, 4.69) is 33.9 Å². The second kappa shape index (κ2) is 9.66. The summed E-state index contributed by atoms with van der Waals surface area (Å²) in [5.41, 5.74) is 0.514. The van der Waals surface area contributed by atoms with Crippen molar-refractivity contribution in [3.8, 4) is 11.8 Å². The number of aromatic amines is 1. The Morgan fingerprint density at radius 2 is 1.89 bits per heavy atom. The van der Waals surface area contributed by atoms with Crippen LogP contribution in [0.3, 0.4) is 0 Å². The Balaban J connectivity index is 1.66. The van der Waals surface area contributed by atoms with Crippen LogP contribution < -0.4 is 10.3 Å².